The fourth-order valence-corrected chi connectivity index (χ4v) is 2.63. The molecule has 1 aromatic carbocycles. The van der Waals surface area contributed by atoms with Crippen molar-refractivity contribution in [2.45, 2.75) is 18.9 Å². The Balaban J connectivity index is 2.01. The Morgan fingerprint density at radius 1 is 1.58 bits per heavy atom. The Kier molecular flexibility index (Phi) is 4.80. The molecule has 1 saturated heterocycles. The zero-order valence-corrected chi connectivity index (χ0v) is 11.8. The first-order valence-electron chi connectivity index (χ1n) is 6.45. The van der Waals surface area contributed by atoms with Crippen molar-refractivity contribution in [1.29, 1.82) is 0 Å². The van der Waals surface area contributed by atoms with Gasteiger partial charge in [-0.25, -0.2) is 0 Å². The van der Waals surface area contributed by atoms with Gasteiger partial charge < -0.3 is 10.5 Å². The summed E-state index contributed by atoms with van der Waals surface area (Å²) < 4.78 is 5.07. The Morgan fingerprint density at radius 2 is 2.37 bits per heavy atom. The van der Waals surface area contributed by atoms with E-state index in [1.54, 1.807) is 25.3 Å². The topological polar surface area (TPSA) is 55.6 Å². The summed E-state index contributed by atoms with van der Waals surface area (Å²) in [6.45, 7) is 2.12. The lowest BCUT2D eigenvalue weighted by atomic mass is 10.0. The number of nitrogens with zero attached hydrogens (tertiary/aromatic N) is 1. The molecule has 1 heterocycles. The summed E-state index contributed by atoms with van der Waals surface area (Å²) >= 11 is 6.03. The molecule has 1 aromatic rings. The molecule has 1 aliphatic heterocycles. The highest BCUT2D eigenvalue weighted by atomic mass is 35.5. The Bertz CT molecular complexity index is 465. The van der Waals surface area contributed by atoms with Gasteiger partial charge in [0.2, 0.25) is 0 Å². The van der Waals surface area contributed by atoms with Crippen LogP contribution in [0.5, 0.6) is 5.75 Å². The van der Waals surface area contributed by atoms with Gasteiger partial charge in [0.1, 0.15) is 5.75 Å². The number of nitrogens with two attached hydrogens (primary N) is 1. The second-order valence-corrected chi connectivity index (χ2v) is 5.32. The lowest BCUT2D eigenvalue weighted by molar-refractivity contribution is 0.0908. The van der Waals surface area contributed by atoms with Crippen LogP contribution in [0.25, 0.3) is 0 Å². The first-order chi connectivity index (χ1) is 9.10. The molecule has 1 fully saturated rings. The van der Waals surface area contributed by atoms with Gasteiger partial charge in [0.25, 0.3) is 0 Å². The summed E-state index contributed by atoms with van der Waals surface area (Å²) in [5.74, 6) is 0.650. The fraction of sp³-hybridized carbons (Fsp3) is 0.500. The highest BCUT2D eigenvalue weighted by Gasteiger charge is 2.19. The molecule has 0 amide bonds. The van der Waals surface area contributed by atoms with Gasteiger partial charge in [0, 0.05) is 18.2 Å². The van der Waals surface area contributed by atoms with Crippen LogP contribution in [0.15, 0.2) is 18.2 Å². The van der Waals surface area contributed by atoms with Crippen LogP contribution in [-0.2, 0) is 0 Å². The van der Waals surface area contributed by atoms with Crippen LogP contribution >= 0.6 is 11.6 Å². The van der Waals surface area contributed by atoms with Gasteiger partial charge in [-0.3, -0.25) is 9.69 Å². The number of Topliss-reactive ketones (excluding diaryl/α,β-unsaturated/α-hetero) is 1. The quantitative estimate of drug-likeness (QED) is 0.858. The van der Waals surface area contributed by atoms with Crippen LogP contribution in [0.1, 0.15) is 23.2 Å². The maximum Gasteiger partial charge on any atom is 0.176 e. The Morgan fingerprint density at radius 3 is 3.00 bits per heavy atom. The predicted octanol–water partition coefficient (Wildman–Crippen LogP) is 1.95. The van der Waals surface area contributed by atoms with Gasteiger partial charge in [-0.15, -0.1) is 0 Å². The van der Waals surface area contributed by atoms with Crippen molar-refractivity contribution in [2.75, 3.05) is 26.7 Å². The van der Waals surface area contributed by atoms with E-state index in [0.29, 0.717) is 22.9 Å². The number of benzene rings is 1. The third-order valence-electron chi connectivity index (χ3n) is 3.38. The van der Waals surface area contributed by atoms with Crippen LogP contribution < -0.4 is 10.5 Å². The molecule has 1 atom stereocenters. The zero-order chi connectivity index (χ0) is 13.8. The molecule has 104 valence electrons. The standard InChI is InChI=1S/C14H19ClN2O2/c1-19-14-5-4-10(7-12(14)15)13(18)9-17-6-2-3-11(16)8-17/h4-5,7,11H,2-3,6,8-9,16H2,1H3. The van der Waals surface area contributed by atoms with Crippen molar-refractivity contribution in [1.82, 2.24) is 4.90 Å². The minimum absolute atomic E-state index is 0.0682. The molecule has 0 spiro atoms. The van der Waals surface area contributed by atoms with E-state index in [4.69, 9.17) is 22.1 Å². The number of methoxy groups -OCH3 is 1. The monoisotopic (exact) mass is 282 g/mol. The maximum atomic E-state index is 12.2. The second kappa shape index (κ2) is 6.37. The smallest absolute Gasteiger partial charge is 0.176 e. The molecule has 4 nitrogen and oxygen atoms in total. The van der Waals surface area contributed by atoms with E-state index < -0.39 is 0 Å². The van der Waals surface area contributed by atoms with Crippen LogP contribution in [0.4, 0.5) is 0 Å². The number of hydrogen-bond acceptors (Lipinski definition) is 4. The van der Waals surface area contributed by atoms with Crippen LogP contribution in [0, 0.1) is 0 Å². The number of ether oxygens (including phenoxy) is 1. The molecule has 0 radical (unpaired) electrons. The summed E-state index contributed by atoms with van der Waals surface area (Å²) in [5.41, 5.74) is 6.53. The number of rotatable bonds is 4. The Labute approximate surface area is 118 Å². The molecule has 5 heteroatoms. The van der Waals surface area contributed by atoms with Crippen molar-refractivity contribution in [3.8, 4) is 5.75 Å². The van der Waals surface area contributed by atoms with Gasteiger partial charge in [-0.1, -0.05) is 11.6 Å². The molecule has 19 heavy (non-hydrogen) atoms. The van der Waals surface area contributed by atoms with Crippen molar-refractivity contribution < 1.29 is 9.53 Å². The summed E-state index contributed by atoms with van der Waals surface area (Å²) in [4.78, 5) is 14.3. The predicted molar refractivity (Wildman–Crippen MR) is 76.0 cm³/mol. The Hall–Kier alpha value is -1.10. The summed E-state index contributed by atoms with van der Waals surface area (Å²) in [5, 5.41) is 0.462. The lowest BCUT2D eigenvalue weighted by Crippen LogP contribution is -2.44. The van der Waals surface area contributed by atoms with Gasteiger partial charge >= 0.3 is 0 Å². The highest BCUT2D eigenvalue weighted by Crippen LogP contribution is 2.25. The van der Waals surface area contributed by atoms with E-state index in [1.165, 1.54) is 0 Å². The lowest BCUT2D eigenvalue weighted by Gasteiger charge is -2.29. The molecule has 0 aromatic heterocycles. The molecule has 2 N–H and O–H groups in total. The number of carbonyl (C=O) groups is 1. The first-order valence-corrected chi connectivity index (χ1v) is 6.82. The molecular weight excluding hydrogens is 264 g/mol. The SMILES string of the molecule is COc1ccc(C(=O)CN2CCCC(N)C2)cc1Cl. The number of hydrogen-bond donors (Lipinski definition) is 1. The maximum absolute atomic E-state index is 12.2. The van der Waals surface area contributed by atoms with E-state index in [2.05, 4.69) is 4.90 Å². The van der Waals surface area contributed by atoms with E-state index in [1.807, 2.05) is 0 Å². The van der Waals surface area contributed by atoms with E-state index in [-0.39, 0.29) is 11.8 Å². The normalized spacial score (nSPS) is 20.3. The van der Waals surface area contributed by atoms with Gasteiger partial charge in [-0.05, 0) is 37.6 Å². The third kappa shape index (κ3) is 3.69. The van der Waals surface area contributed by atoms with E-state index in [0.717, 1.165) is 25.9 Å². The second-order valence-electron chi connectivity index (χ2n) is 4.91. The molecule has 1 unspecified atom stereocenters. The van der Waals surface area contributed by atoms with Crippen LogP contribution in [-0.4, -0.2) is 43.5 Å². The van der Waals surface area contributed by atoms with Crippen molar-refractivity contribution in [3.05, 3.63) is 28.8 Å². The summed E-state index contributed by atoms with van der Waals surface area (Å²) in [6.07, 6.45) is 2.09. The van der Waals surface area contributed by atoms with Crippen LogP contribution in [0.2, 0.25) is 5.02 Å². The third-order valence-corrected chi connectivity index (χ3v) is 3.68. The van der Waals surface area contributed by atoms with Crippen LogP contribution in [0.3, 0.4) is 0 Å². The van der Waals surface area contributed by atoms with Crippen molar-refractivity contribution >= 4 is 17.4 Å². The molecule has 0 saturated carbocycles. The van der Waals surface area contributed by atoms with E-state index in [9.17, 15) is 4.79 Å². The summed E-state index contributed by atoms with van der Waals surface area (Å²) in [6, 6.07) is 5.31. The first kappa shape index (κ1) is 14.3. The number of carbonyl (C=O) groups excluding carboxylic acids is 1. The largest absolute Gasteiger partial charge is 0.495 e. The number of halogens is 1. The van der Waals surface area contributed by atoms with Crippen molar-refractivity contribution in [3.63, 3.8) is 0 Å². The van der Waals surface area contributed by atoms with Gasteiger partial charge in [0.15, 0.2) is 5.78 Å². The fourth-order valence-electron chi connectivity index (χ4n) is 2.37. The minimum atomic E-state index is 0.0682. The minimum Gasteiger partial charge on any atom is -0.495 e. The van der Waals surface area contributed by atoms with Gasteiger partial charge in [-0.2, -0.15) is 0 Å². The van der Waals surface area contributed by atoms with Gasteiger partial charge in [0.05, 0.1) is 18.7 Å². The molecule has 0 aliphatic carbocycles. The molecule has 0 bridgehead atoms. The number of likely N-dealkylation sites (tertiary alicyclic amines) is 1. The average Bonchev–Trinajstić information content (AvgIpc) is 2.38. The van der Waals surface area contributed by atoms with E-state index >= 15 is 0 Å². The average molecular weight is 283 g/mol. The summed E-state index contributed by atoms with van der Waals surface area (Å²) in [7, 11) is 1.55. The number of piperidine rings is 1. The molecular formula is C14H19ClN2O2. The molecule has 2 rings (SSSR count). The van der Waals surface area contributed by atoms with Crippen molar-refractivity contribution in [2.24, 2.45) is 5.73 Å². The zero-order valence-electron chi connectivity index (χ0n) is 11.1. The highest BCUT2D eigenvalue weighted by molar-refractivity contribution is 6.32. The number of ketones is 1. The molecule has 1 aliphatic rings.